The third-order valence-corrected chi connectivity index (χ3v) is 3.85. The first-order valence-corrected chi connectivity index (χ1v) is 7.10. The molecule has 0 saturated carbocycles. The predicted molar refractivity (Wildman–Crippen MR) is 74.8 cm³/mol. The molecule has 0 amide bonds. The molecule has 2 rings (SSSR count). The van der Waals surface area contributed by atoms with Crippen molar-refractivity contribution in [3.8, 4) is 0 Å². The highest BCUT2D eigenvalue weighted by atomic mass is 35.5. The van der Waals surface area contributed by atoms with E-state index in [0.29, 0.717) is 12.1 Å². The number of halogens is 1. The van der Waals surface area contributed by atoms with Gasteiger partial charge in [0.1, 0.15) is 0 Å². The lowest BCUT2D eigenvalue weighted by atomic mass is 10.1. The Morgan fingerprint density at radius 1 is 1.35 bits per heavy atom. The van der Waals surface area contributed by atoms with Crippen LogP contribution in [0.3, 0.4) is 0 Å². The Hall–Kier alpha value is -0.530. The van der Waals surface area contributed by atoms with E-state index < -0.39 is 0 Å². The van der Waals surface area contributed by atoms with Crippen LogP contribution in [-0.2, 0) is 12.8 Å². The number of rotatable bonds is 5. The molecule has 0 saturated heterocycles. The highest BCUT2D eigenvalue weighted by Gasteiger charge is 2.22. The second-order valence-electron chi connectivity index (χ2n) is 5.23. The molecule has 2 unspecified atom stereocenters. The van der Waals surface area contributed by atoms with Gasteiger partial charge in [0.25, 0.3) is 0 Å². The quantitative estimate of drug-likeness (QED) is 0.835. The number of unbranched alkanes of at least 4 members (excludes halogenated alkanes) is 1. The summed E-state index contributed by atoms with van der Waals surface area (Å²) in [6.45, 7) is 4.55. The van der Waals surface area contributed by atoms with Crippen LogP contribution in [0, 0.1) is 0 Å². The van der Waals surface area contributed by atoms with Gasteiger partial charge in [-0.05, 0) is 49.4 Å². The normalized spacial score (nSPS) is 20.3. The van der Waals surface area contributed by atoms with E-state index in [4.69, 9.17) is 11.6 Å². The van der Waals surface area contributed by atoms with Gasteiger partial charge in [-0.2, -0.15) is 0 Å². The lowest BCUT2D eigenvalue weighted by Gasteiger charge is -2.18. The van der Waals surface area contributed by atoms with Gasteiger partial charge in [0.2, 0.25) is 0 Å². The van der Waals surface area contributed by atoms with Crippen LogP contribution in [0.5, 0.6) is 0 Å². The summed E-state index contributed by atoms with van der Waals surface area (Å²) < 4.78 is 0. The maximum atomic E-state index is 6.02. The minimum atomic E-state index is 0.607. The van der Waals surface area contributed by atoms with Crippen LogP contribution in [-0.4, -0.2) is 12.1 Å². The van der Waals surface area contributed by atoms with Crippen LogP contribution in [0.2, 0.25) is 5.02 Å². The van der Waals surface area contributed by atoms with Crippen molar-refractivity contribution < 1.29 is 0 Å². The molecule has 0 radical (unpaired) electrons. The highest BCUT2D eigenvalue weighted by Crippen LogP contribution is 2.25. The van der Waals surface area contributed by atoms with Gasteiger partial charge in [-0.1, -0.05) is 37.4 Å². The molecule has 1 nitrogen and oxygen atoms in total. The molecular weight excluding hydrogens is 230 g/mol. The van der Waals surface area contributed by atoms with E-state index in [2.05, 4.69) is 31.3 Å². The van der Waals surface area contributed by atoms with Crippen molar-refractivity contribution in [3.05, 3.63) is 34.3 Å². The van der Waals surface area contributed by atoms with Gasteiger partial charge >= 0.3 is 0 Å². The molecule has 94 valence electrons. The van der Waals surface area contributed by atoms with Gasteiger partial charge in [0.15, 0.2) is 0 Å². The van der Waals surface area contributed by atoms with E-state index in [1.54, 1.807) is 0 Å². The SMILES string of the molecule is CCCCC(C)NC1Cc2ccc(Cl)cc2C1. The maximum Gasteiger partial charge on any atom is 0.0408 e. The minimum Gasteiger partial charge on any atom is -0.311 e. The molecule has 0 bridgehead atoms. The predicted octanol–water partition coefficient (Wildman–Crippen LogP) is 3.98. The van der Waals surface area contributed by atoms with E-state index in [0.717, 1.165) is 17.9 Å². The summed E-state index contributed by atoms with van der Waals surface area (Å²) >= 11 is 6.02. The number of hydrogen-bond acceptors (Lipinski definition) is 1. The topological polar surface area (TPSA) is 12.0 Å². The molecule has 1 N–H and O–H groups in total. The molecule has 2 atom stereocenters. The fraction of sp³-hybridized carbons (Fsp3) is 0.600. The van der Waals surface area contributed by atoms with Crippen LogP contribution < -0.4 is 5.32 Å². The molecule has 0 aromatic heterocycles. The third kappa shape index (κ3) is 3.46. The summed E-state index contributed by atoms with van der Waals surface area (Å²) in [5.41, 5.74) is 2.90. The van der Waals surface area contributed by atoms with Crippen molar-refractivity contribution >= 4 is 11.6 Å². The first kappa shape index (κ1) is 12.9. The second kappa shape index (κ2) is 5.88. The Bertz CT molecular complexity index is 375. The minimum absolute atomic E-state index is 0.607. The van der Waals surface area contributed by atoms with E-state index in [-0.39, 0.29) is 0 Å². The van der Waals surface area contributed by atoms with Gasteiger partial charge in [-0.3, -0.25) is 0 Å². The fourth-order valence-electron chi connectivity index (χ4n) is 2.70. The third-order valence-electron chi connectivity index (χ3n) is 3.61. The number of benzene rings is 1. The Morgan fingerprint density at radius 3 is 2.88 bits per heavy atom. The highest BCUT2D eigenvalue weighted by molar-refractivity contribution is 6.30. The van der Waals surface area contributed by atoms with Crippen molar-refractivity contribution in [2.24, 2.45) is 0 Å². The summed E-state index contributed by atoms with van der Waals surface area (Å²) in [4.78, 5) is 0. The average molecular weight is 252 g/mol. The van der Waals surface area contributed by atoms with E-state index >= 15 is 0 Å². The molecule has 1 aromatic rings. The number of fused-ring (bicyclic) bond motifs is 1. The van der Waals surface area contributed by atoms with Crippen LogP contribution in [0.1, 0.15) is 44.2 Å². The zero-order chi connectivity index (χ0) is 12.3. The maximum absolute atomic E-state index is 6.02. The van der Waals surface area contributed by atoms with Crippen molar-refractivity contribution in [2.45, 2.75) is 58.0 Å². The van der Waals surface area contributed by atoms with Gasteiger partial charge in [0.05, 0.1) is 0 Å². The van der Waals surface area contributed by atoms with E-state index in [1.807, 2.05) is 6.07 Å². The first-order chi connectivity index (χ1) is 8.19. The zero-order valence-corrected chi connectivity index (χ0v) is 11.6. The molecule has 1 aliphatic carbocycles. The molecule has 0 spiro atoms. The van der Waals surface area contributed by atoms with Crippen LogP contribution in [0.25, 0.3) is 0 Å². The standard InChI is InChI=1S/C15H22ClN/c1-3-4-5-11(2)17-15-9-12-6-7-14(16)8-13(12)10-15/h6-8,11,15,17H,3-5,9-10H2,1-2H3. The van der Waals surface area contributed by atoms with Crippen molar-refractivity contribution in [3.63, 3.8) is 0 Å². The monoisotopic (exact) mass is 251 g/mol. The van der Waals surface area contributed by atoms with Gasteiger partial charge in [0, 0.05) is 17.1 Å². The Kier molecular flexibility index (Phi) is 4.47. The lowest BCUT2D eigenvalue weighted by molar-refractivity contribution is 0.427. The molecule has 1 aliphatic rings. The summed E-state index contributed by atoms with van der Waals surface area (Å²) in [6.07, 6.45) is 6.17. The summed E-state index contributed by atoms with van der Waals surface area (Å²) in [5.74, 6) is 0. The second-order valence-corrected chi connectivity index (χ2v) is 5.66. The molecular formula is C15H22ClN. The summed E-state index contributed by atoms with van der Waals surface area (Å²) in [6, 6.07) is 7.54. The Morgan fingerprint density at radius 2 is 2.12 bits per heavy atom. The lowest BCUT2D eigenvalue weighted by Crippen LogP contribution is -2.36. The van der Waals surface area contributed by atoms with Crippen LogP contribution in [0.4, 0.5) is 0 Å². The molecule has 0 fully saturated rings. The average Bonchev–Trinajstić information content (AvgIpc) is 2.67. The molecule has 17 heavy (non-hydrogen) atoms. The Labute approximate surface area is 110 Å². The summed E-state index contributed by atoms with van der Waals surface area (Å²) in [7, 11) is 0. The van der Waals surface area contributed by atoms with Crippen molar-refractivity contribution in [1.82, 2.24) is 5.32 Å². The van der Waals surface area contributed by atoms with Gasteiger partial charge < -0.3 is 5.32 Å². The fourth-order valence-corrected chi connectivity index (χ4v) is 2.90. The molecule has 1 aromatic carbocycles. The first-order valence-electron chi connectivity index (χ1n) is 6.72. The smallest absolute Gasteiger partial charge is 0.0408 e. The van der Waals surface area contributed by atoms with Crippen LogP contribution >= 0.6 is 11.6 Å². The van der Waals surface area contributed by atoms with Crippen molar-refractivity contribution in [1.29, 1.82) is 0 Å². The zero-order valence-electron chi connectivity index (χ0n) is 10.8. The van der Waals surface area contributed by atoms with Gasteiger partial charge in [-0.25, -0.2) is 0 Å². The van der Waals surface area contributed by atoms with Crippen LogP contribution in [0.15, 0.2) is 18.2 Å². The number of nitrogens with one attached hydrogen (secondary N) is 1. The molecule has 0 aliphatic heterocycles. The summed E-state index contributed by atoms with van der Waals surface area (Å²) in [5, 5.41) is 4.60. The van der Waals surface area contributed by atoms with Gasteiger partial charge in [-0.15, -0.1) is 0 Å². The largest absolute Gasteiger partial charge is 0.311 e. The Balaban J connectivity index is 1.87. The molecule has 0 heterocycles. The molecule has 2 heteroatoms. The van der Waals surface area contributed by atoms with Crippen molar-refractivity contribution in [2.75, 3.05) is 0 Å². The van der Waals surface area contributed by atoms with E-state index in [1.165, 1.54) is 30.4 Å². The number of hydrogen-bond donors (Lipinski definition) is 1. The van der Waals surface area contributed by atoms with E-state index in [9.17, 15) is 0 Å².